The number of rotatable bonds is 25. The summed E-state index contributed by atoms with van der Waals surface area (Å²) in [7, 11) is 1.65. The summed E-state index contributed by atoms with van der Waals surface area (Å²) in [5, 5.41) is 29.4. The second-order valence-electron chi connectivity index (χ2n) is 15.1. The van der Waals surface area contributed by atoms with E-state index in [1.165, 1.54) is 19.2 Å². The number of morpholine rings is 1. The van der Waals surface area contributed by atoms with Gasteiger partial charge in [-0.05, 0) is 74.1 Å². The highest BCUT2D eigenvalue weighted by Gasteiger charge is 2.42. The Morgan fingerprint density at radius 3 is 2.18 bits per heavy atom. The van der Waals surface area contributed by atoms with E-state index >= 15 is 0 Å². The molecule has 3 atom stereocenters. The second kappa shape index (κ2) is 22.7. The maximum absolute atomic E-state index is 9.81. The molecule has 2 aliphatic heterocycles. The largest absolute Gasteiger partial charge is 0.487 e. The molecule has 0 radical (unpaired) electrons. The molecular formula is C41H57N11O8. The van der Waals surface area contributed by atoms with Crippen LogP contribution >= 0.6 is 0 Å². The Hall–Kier alpha value is -4.81. The van der Waals surface area contributed by atoms with Crippen molar-refractivity contribution in [1.29, 1.82) is 5.26 Å². The van der Waals surface area contributed by atoms with Gasteiger partial charge in [0.2, 0.25) is 5.95 Å². The molecule has 1 aromatic carbocycles. The van der Waals surface area contributed by atoms with E-state index in [0.717, 1.165) is 44.5 Å². The SMILES string of the molecule is COCCOCCOCCOCCOCCOc1nn([C@H]2CC[C@H](N3[C@@H]4CC[C@H]3COC4)CC2)cc1Nc1nccc(-c2ccc(C#N)c(O[C@@H](C)Cn3cnnn3)c2)n1. The van der Waals surface area contributed by atoms with Crippen LogP contribution in [0.5, 0.6) is 11.6 Å². The van der Waals surface area contributed by atoms with E-state index in [4.69, 9.17) is 48.0 Å². The minimum Gasteiger partial charge on any atom is -0.487 e. The van der Waals surface area contributed by atoms with Crippen LogP contribution in [0.3, 0.4) is 0 Å². The van der Waals surface area contributed by atoms with Crippen molar-refractivity contribution in [2.24, 2.45) is 0 Å². The molecule has 1 aliphatic carbocycles. The van der Waals surface area contributed by atoms with Gasteiger partial charge in [-0.25, -0.2) is 14.6 Å². The van der Waals surface area contributed by atoms with E-state index in [9.17, 15) is 5.26 Å². The molecule has 0 amide bonds. The molecule has 60 heavy (non-hydrogen) atoms. The van der Waals surface area contributed by atoms with Crippen molar-refractivity contribution >= 4 is 11.6 Å². The number of methoxy groups -OCH3 is 1. The number of nitrogens with one attached hydrogen (secondary N) is 1. The Bertz CT molecular complexity index is 1900. The molecule has 3 fully saturated rings. The normalized spacial score (nSPS) is 20.8. The summed E-state index contributed by atoms with van der Waals surface area (Å²) in [6.45, 7) is 8.70. The summed E-state index contributed by atoms with van der Waals surface area (Å²) >= 11 is 0. The van der Waals surface area contributed by atoms with Gasteiger partial charge >= 0.3 is 0 Å². The maximum atomic E-state index is 9.81. The van der Waals surface area contributed by atoms with Crippen molar-refractivity contribution < 1.29 is 37.9 Å². The van der Waals surface area contributed by atoms with Gasteiger partial charge in [0.1, 0.15) is 36.5 Å². The molecule has 19 nitrogen and oxygen atoms in total. The first-order chi connectivity index (χ1) is 29.6. The monoisotopic (exact) mass is 831 g/mol. The predicted molar refractivity (Wildman–Crippen MR) is 217 cm³/mol. The smallest absolute Gasteiger partial charge is 0.257 e. The average Bonchev–Trinajstić information content (AvgIpc) is 3.99. The van der Waals surface area contributed by atoms with Crippen LogP contribution in [0.4, 0.5) is 11.6 Å². The number of aromatic nitrogens is 8. The third-order valence-electron chi connectivity index (χ3n) is 10.9. The Balaban J connectivity index is 0.954. The fourth-order valence-corrected chi connectivity index (χ4v) is 8.09. The fraction of sp³-hybridized carbons (Fsp3) is 0.634. The Morgan fingerprint density at radius 1 is 0.850 bits per heavy atom. The molecule has 0 unspecified atom stereocenters. The number of nitrogens with zero attached hydrogens (tertiary/aromatic N) is 10. The molecule has 1 N–H and O–H groups in total. The van der Waals surface area contributed by atoms with E-state index in [-0.39, 0.29) is 12.1 Å². The molecular weight excluding hydrogens is 775 g/mol. The molecule has 324 valence electrons. The summed E-state index contributed by atoms with van der Waals surface area (Å²) in [6, 6.07) is 11.4. The number of nitriles is 1. The molecule has 3 aromatic heterocycles. The molecule has 5 heterocycles. The molecule has 2 bridgehead atoms. The van der Waals surface area contributed by atoms with Crippen molar-refractivity contribution in [2.75, 3.05) is 91.7 Å². The Morgan fingerprint density at radius 2 is 1.52 bits per heavy atom. The quantitative estimate of drug-likeness (QED) is 0.0944. The minimum absolute atomic E-state index is 0.242. The molecule has 19 heteroatoms. The first-order valence-electron chi connectivity index (χ1n) is 21.0. The molecule has 2 saturated heterocycles. The van der Waals surface area contributed by atoms with Crippen LogP contribution in [0.15, 0.2) is 43.0 Å². The molecule has 3 aliphatic rings. The van der Waals surface area contributed by atoms with Gasteiger partial charge in [-0.3, -0.25) is 9.58 Å². The molecule has 7 rings (SSSR count). The number of hydrogen-bond acceptors (Lipinski definition) is 17. The van der Waals surface area contributed by atoms with Crippen LogP contribution in [0.2, 0.25) is 0 Å². The van der Waals surface area contributed by atoms with Crippen LogP contribution in [-0.4, -0.2) is 155 Å². The van der Waals surface area contributed by atoms with E-state index in [1.54, 1.807) is 24.1 Å². The summed E-state index contributed by atoms with van der Waals surface area (Å²) in [5.41, 5.74) is 2.48. The first kappa shape index (κ1) is 43.3. The second-order valence-corrected chi connectivity index (χ2v) is 15.1. The maximum Gasteiger partial charge on any atom is 0.257 e. The van der Waals surface area contributed by atoms with Crippen LogP contribution in [0, 0.1) is 11.3 Å². The zero-order valence-electron chi connectivity index (χ0n) is 34.6. The Kier molecular flexibility index (Phi) is 16.4. The third-order valence-corrected chi connectivity index (χ3v) is 10.9. The highest BCUT2D eigenvalue weighted by molar-refractivity contribution is 5.66. The number of fused-ring (bicyclic) bond motifs is 2. The van der Waals surface area contributed by atoms with E-state index in [0.29, 0.717) is 125 Å². The van der Waals surface area contributed by atoms with Crippen LogP contribution in [0.25, 0.3) is 11.3 Å². The van der Waals surface area contributed by atoms with Crippen molar-refractivity contribution in [3.05, 3.63) is 48.5 Å². The van der Waals surface area contributed by atoms with Gasteiger partial charge in [-0.2, -0.15) is 5.26 Å². The van der Waals surface area contributed by atoms with Crippen molar-refractivity contribution in [1.82, 2.24) is 44.9 Å². The average molecular weight is 832 g/mol. The fourth-order valence-electron chi connectivity index (χ4n) is 8.09. The van der Waals surface area contributed by atoms with Crippen LogP contribution in [-0.2, 0) is 35.0 Å². The lowest BCUT2D eigenvalue weighted by Gasteiger charge is -2.43. The lowest BCUT2D eigenvalue weighted by molar-refractivity contribution is -0.0458. The van der Waals surface area contributed by atoms with E-state index in [1.807, 2.05) is 36.0 Å². The topological polar surface area (TPSA) is 200 Å². The standard InChI is InChI=1S/C41H57N11O8/c1-30(25-50-29-44-48-49-50)60-39-23-31(3-4-32(39)24-42)37-11-12-43-41(45-37)46-38-26-51(33-5-7-34(8-6-33)52-35-9-10-36(52)28-58-27-35)47-40(38)59-22-21-57-20-19-56-18-17-55-16-15-54-14-13-53-2/h3-4,11-12,23,26,29-30,33-36H,5-10,13-22,25,27-28H2,1-2H3,(H,43,45,46)/t30-,33-,34-,35-,36+/m0/s1. The highest BCUT2D eigenvalue weighted by Crippen LogP contribution is 2.39. The van der Waals surface area contributed by atoms with Gasteiger partial charge in [0.25, 0.3) is 5.88 Å². The third kappa shape index (κ3) is 12.2. The van der Waals surface area contributed by atoms with Gasteiger partial charge in [0.05, 0.1) is 103 Å². The minimum atomic E-state index is -0.301. The molecule has 1 saturated carbocycles. The number of ether oxygens (including phenoxy) is 8. The molecule has 0 spiro atoms. The number of hydrogen-bond donors (Lipinski definition) is 1. The predicted octanol–water partition coefficient (Wildman–Crippen LogP) is 3.85. The van der Waals surface area contributed by atoms with Crippen molar-refractivity contribution in [3.63, 3.8) is 0 Å². The summed E-state index contributed by atoms with van der Waals surface area (Å²) < 4.78 is 49.2. The zero-order chi connectivity index (χ0) is 41.4. The van der Waals surface area contributed by atoms with Gasteiger partial charge in [0.15, 0.2) is 0 Å². The van der Waals surface area contributed by atoms with Gasteiger partial charge in [-0.1, -0.05) is 6.07 Å². The summed E-state index contributed by atoms with van der Waals surface area (Å²) in [6.07, 6.45) is 11.7. The van der Waals surface area contributed by atoms with Crippen molar-refractivity contribution in [3.8, 4) is 29.0 Å². The van der Waals surface area contributed by atoms with E-state index in [2.05, 4.69) is 36.8 Å². The van der Waals surface area contributed by atoms with Crippen molar-refractivity contribution in [2.45, 2.75) is 82.3 Å². The van der Waals surface area contributed by atoms with Gasteiger partial charge in [-0.15, -0.1) is 10.2 Å². The Labute approximate surface area is 350 Å². The number of tetrazole rings is 1. The summed E-state index contributed by atoms with van der Waals surface area (Å²) in [5.74, 6) is 1.26. The highest BCUT2D eigenvalue weighted by atomic mass is 16.6. The van der Waals surface area contributed by atoms with E-state index < -0.39 is 0 Å². The number of benzene rings is 1. The first-order valence-corrected chi connectivity index (χ1v) is 21.0. The number of anilines is 2. The zero-order valence-corrected chi connectivity index (χ0v) is 34.6. The summed E-state index contributed by atoms with van der Waals surface area (Å²) in [4.78, 5) is 12.1. The molecule has 4 aromatic rings. The van der Waals surface area contributed by atoms with Crippen LogP contribution < -0.4 is 14.8 Å². The lowest BCUT2D eigenvalue weighted by atomic mass is 9.89. The van der Waals surface area contributed by atoms with Crippen LogP contribution in [0.1, 0.15) is 57.1 Å². The van der Waals surface area contributed by atoms with Gasteiger partial charge in [0, 0.05) is 37.0 Å². The van der Waals surface area contributed by atoms with Gasteiger partial charge < -0.3 is 43.2 Å². The lowest BCUT2D eigenvalue weighted by Crippen LogP contribution is -2.52.